The van der Waals surface area contributed by atoms with Gasteiger partial charge in [0.2, 0.25) is 0 Å². The lowest BCUT2D eigenvalue weighted by Crippen LogP contribution is -2.10. The highest BCUT2D eigenvalue weighted by Crippen LogP contribution is 2.16. The topological polar surface area (TPSA) is 59.1 Å². The molecule has 0 bridgehead atoms. The minimum absolute atomic E-state index is 0.0522. The molecular formula is C15H16N2O. The number of nitrogens with one attached hydrogen (secondary N) is 1. The van der Waals surface area contributed by atoms with Gasteiger partial charge in [0.05, 0.1) is 0 Å². The Balaban J connectivity index is 2.09. The first-order valence-electron chi connectivity index (χ1n) is 5.78. The van der Waals surface area contributed by atoms with Gasteiger partial charge in [-0.3, -0.25) is 5.41 Å². The molecule has 0 heterocycles. The molecule has 92 valence electrons. The highest BCUT2D eigenvalue weighted by atomic mass is 16.5. The van der Waals surface area contributed by atoms with Crippen molar-refractivity contribution in [1.29, 1.82) is 5.41 Å². The predicted molar refractivity (Wildman–Crippen MR) is 73.0 cm³/mol. The number of hydrogen-bond donors (Lipinski definition) is 2. The van der Waals surface area contributed by atoms with Crippen molar-refractivity contribution in [2.75, 3.05) is 0 Å². The van der Waals surface area contributed by atoms with Crippen molar-refractivity contribution in [3.63, 3.8) is 0 Å². The van der Waals surface area contributed by atoms with E-state index >= 15 is 0 Å². The molecule has 3 heteroatoms. The Morgan fingerprint density at radius 1 is 1.17 bits per heavy atom. The standard InChI is InChI=1S/C15H16N2O/c1-11-5-2-3-6-13(11)10-18-14-8-4-7-12(9-14)15(16)17/h2-9H,10H2,1H3,(H3,16,17). The van der Waals surface area contributed by atoms with Crippen LogP contribution in [0.2, 0.25) is 0 Å². The summed E-state index contributed by atoms with van der Waals surface area (Å²) in [6, 6.07) is 15.4. The van der Waals surface area contributed by atoms with E-state index in [1.54, 1.807) is 12.1 Å². The van der Waals surface area contributed by atoms with Crippen molar-refractivity contribution in [3.8, 4) is 5.75 Å². The molecule has 0 atom stereocenters. The van der Waals surface area contributed by atoms with Crippen LogP contribution in [0.4, 0.5) is 0 Å². The lowest BCUT2D eigenvalue weighted by atomic mass is 10.1. The minimum Gasteiger partial charge on any atom is -0.489 e. The van der Waals surface area contributed by atoms with Gasteiger partial charge >= 0.3 is 0 Å². The van der Waals surface area contributed by atoms with E-state index in [0.717, 1.165) is 11.3 Å². The van der Waals surface area contributed by atoms with Crippen LogP contribution in [0.1, 0.15) is 16.7 Å². The van der Waals surface area contributed by atoms with E-state index in [-0.39, 0.29) is 5.84 Å². The Morgan fingerprint density at radius 2 is 1.94 bits per heavy atom. The van der Waals surface area contributed by atoms with Gasteiger partial charge in [-0.05, 0) is 30.2 Å². The summed E-state index contributed by atoms with van der Waals surface area (Å²) in [6.07, 6.45) is 0. The van der Waals surface area contributed by atoms with Crippen molar-refractivity contribution in [2.24, 2.45) is 5.73 Å². The van der Waals surface area contributed by atoms with Gasteiger partial charge < -0.3 is 10.5 Å². The molecule has 2 aromatic carbocycles. The molecule has 3 nitrogen and oxygen atoms in total. The fourth-order valence-corrected chi connectivity index (χ4v) is 1.69. The summed E-state index contributed by atoms with van der Waals surface area (Å²) in [7, 11) is 0. The first kappa shape index (κ1) is 12.2. The molecule has 0 radical (unpaired) electrons. The SMILES string of the molecule is Cc1ccccc1COc1cccc(C(=N)N)c1. The van der Waals surface area contributed by atoms with Crippen LogP contribution in [0.15, 0.2) is 48.5 Å². The average molecular weight is 240 g/mol. The molecule has 0 aliphatic rings. The average Bonchev–Trinajstić information content (AvgIpc) is 2.38. The normalized spacial score (nSPS) is 10.1. The van der Waals surface area contributed by atoms with E-state index in [4.69, 9.17) is 15.9 Å². The lowest BCUT2D eigenvalue weighted by Gasteiger charge is -2.09. The highest BCUT2D eigenvalue weighted by molar-refractivity contribution is 5.95. The van der Waals surface area contributed by atoms with Crippen molar-refractivity contribution < 1.29 is 4.74 Å². The molecule has 18 heavy (non-hydrogen) atoms. The zero-order valence-corrected chi connectivity index (χ0v) is 10.3. The zero-order valence-electron chi connectivity index (χ0n) is 10.3. The summed E-state index contributed by atoms with van der Waals surface area (Å²) in [5.74, 6) is 0.780. The van der Waals surface area contributed by atoms with Crippen LogP contribution in [0.25, 0.3) is 0 Å². The van der Waals surface area contributed by atoms with Crippen molar-refractivity contribution in [2.45, 2.75) is 13.5 Å². The number of aryl methyl sites for hydroxylation is 1. The van der Waals surface area contributed by atoms with Crippen LogP contribution in [-0.4, -0.2) is 5.84 Å². The molecule has 0 fully saturated rings. The van der Waals surface area contributed by atoms with Gasteiger partial charge in [-0.1, -0.05) is 36.4 Å². The predicted octanol–water partition coefficient (Wildman–Crippen LogP) is 2.86. The molecule has 0 saturated carbocycles. The van der Waals surface area contributed by atoms with E-state index in [1.165, 1.54) is 5.56 Å². The van der Waals surface area contributed by atoms with Crippen LogP contribution in [0.3, 0.4) is 0 Å². The Bertz CT molecular complexity index is 564. The maximum absolute atomic E-state index is 7.38. The summed E-state index contributed by atoms with van der Waals surface area (Å²) in [6.45, 7) is 2.58. The molecule has 0 aliphatic heterocycles. The molecule has 0 unspecified atom stereocenters. The van der Waals surface area contributed by atoms with Crippen molar-refractivity contribution in [3.05, 3.63) is 65.2 Å². The number of amidine groups is 1. The Morgan fingerprint density at radius 3 is 2.67 bits per heavy atom. The van der Waals surface area contributed by atoms with E-state index in [9.17, 15) is 0 Å². The smallest absolute Gasteiger partial charge is 0.122 e. The second-order valence-electron chi connectivity index (χ2n) is 4.16. The Kier molecular flexibility index (Phi) is 3.63. The van der Waals surface area contributed by atoms with Gasteiger partial charge in [0, 0.05) is 5.56 Å². The molecule has 2 aromatic rings. The fraction of sp³-hybridized carbons (Fsp3) is 0.133. The lowest BCUT2D eigenvalue weighted by molar-refractivity contribution is 0.305. The van der Waals surface area contributed by atoms with E-state index in [1.807, 2.05) is 30.3 Å². The number of ether oxygens (including phenoxy) is 1. The third-order valence-corrected chi connectivity index (χ3v) is 2.80. The van der Waals surface area contributed by atoms with Crippen LogP contribution < -0.4 is 10.5 Å². The summed E-state index contributed by atoms with van der Waals surface area (Å²) in [4.78, 5) is 0. The maximum atomic E-state index is 7.38. The number of benzene rings is 2. The second kappa shape index (κ2) is 5.36. The minimum atomic E-state index is 0.0522. The maximum Gasteiger partial charge on any atom is 0.122 e. The van der Waals surface area contributed by atoms with E-state index in [2.05, 4.69) is 13.0 Å². The summed E-state index contributed by atoms with van der Waals surface area (Å²) >= 11 is 0. The molecule has 0 aromatic heterocycles. The van der Waals surface area contributed by atoms with Crippen LogP contribution in [0.5, 0.6) is 5.75 Å². The summed E-state index contributed by atoms with van der Waals surface area (Å²) < 4.78 is 5.71. The molecule has 0 aliphatic carbocycles. The highest BCUT2D eigenvalue weighted by Gasteiger charge is 2.01. The monoisotopic (exact) mass is 240 g/mol. The number of nitrogens with two attached hydrogens (primary N) is 1. The molecule has 2 rings (SSSR count). The third kappa shape index (κ3) is 2.88. The third-order valence-electron chi connectivity index (χ3n) is 2.80. The van der Waals surface area contributed by atoms with Gasteiger partial charge in [0.15, 0.2) is 0 Å². The van der Waals surface area contributed by atoms with Crippen LogP contribution in [-0.2, 0) is 6.61 Å². The molecule has 3 N–H and O–H groups in total. The van der Waals surface area contributed by atoms with Gasteiger partial charge in [-0.25, -0.2) is 0 Å². The largest absolute Gasteiger partial charge is 0.489 e. The number of hydrogen-bond acceptors (Lipinski definition) is 2. The van der Waals surface area contributed by atoms with Crippen molar-refractivity contribution >= 4 is 5.84 Å². The van der Waals surface area contributed by atoms with Crippen LogP contribution in [0, 0.1) is 12.3 Å². The molecule has 0 saturated heterocycles. The van der Waals surface area contributed by atoms with Gasteiger partial charge in [0.25, 0.3) is 0 Å². The van der Waals surface area contributed by atoms with E-state index in [0.29, 0.717) is 12.2 Å². The first-order chi connectivity index (χ1) is 8.66. The fourth-order valence-electron chi connectivity index (χ4n) is 1.69. The summed E-state index contributed by atoms with van der Waals surface area (Å²) in [5.41, 5.74) is 8.49. The number of rotatable bonds is 4. The quantitative estimate of drug-likeness (QED) is 0.637. The van der Waals surface area contributed by atoms with E-state index < -0.39 is 0 Å². The zero-order chi connectivity index (χ0) is 13.0. The number of nitrogen functional groups attached to an aromatic ring is 1. The van der Waals surface area contributed by atoms with Crippen molar-refractivity contribution in [1.82, 2.24) is 0 Å². The van der Waals surface area contributed by atoms with Gasteiger partial charge in [0.1, 0.15) is 18.2 Å². The second-order valence-corrected chi connectivity index (χ2v) is 4.16. The molecule has 0 amide bonds. The Hall–Kier alpha value is -2.29. The van der Waals surface area contributed by atoms with Gasteiger partial charge in [-0.15, -0.1) is 0 Å². The Labute approximate surface area is 107 Å². The molecular weight excluding hydrogens is 224 g/mol. The van der Waals surface area contributed by atoms with Gasteiger partial charge in [-0.2, -0.15) is 0 Å². The first-order valence-corrected chi connectivity index (χ1v) is 5.78. The molecule has 0 spiro atoms. The van der Waals surface area contributed by atoms with Crippen LogP contribution >= 0.6 is 0 Å². The summed E-state index contributed by atoms with van der Waals surface area (Å²) in [5, 5.41) is 7.38.